The molecule has 1 saturated heterocycles. The van der Waals surface area contributed by atoms with E-state index in [2.05, 4.69) is 4.90 Å². The standard InChI is InChI=1S/C12H14FN/c13-11-3-1-2-4-12(11)14-8-9-5-6-10(14)7-9/h1-4,9-10H,5-8H2. The zero-order chi connectivity index (χ0) is 9.54. The largest absolute Gasteiger partial charge is 0.366 e. The van der Waals surface area contributed by atoms with Crippen molar-refractivity contribution in [1.82, 2.24) is 0 Å². The van der Waals surface area contributed by atoms with Gasteiger partial charge in [0.2, 0.25) is 0 Å². The summed E-state index contributed by atoms with van der Waals surface area (Å²) in [5, 5.41) is 0. The first kappa shape index (κ1) is 8.27. The summed E-state index contributed by atoms with van der Waals surface area (Å²) in [6.45, 7) is 1.06. The fraction of sp³-hybridized carbons (Fsp3) is 0.500. The molecule has 0 amide bonds. The molecule has 0 radical (unpaired) electrons. The third-order valence-corrected chi connectivity index (χ3v) is 3.57. The van der Waals surface area contributed by atoms with Crippen LogP contribution in [-0.4, -0.2) is 12.6 Å². The zero-order valence-corrected chi connectivity index (χ0v) is 8.12. The van der Waals surface area contributed by atoms with Crippen molar-refractivity contribution in [2.75, 3.05) is 11.4 Å². The van der Waals surface area contributed by atoms with E-state index in [9.17, 15) is 4.39 Å². The molecule has 2 bridgehead atoms. The van der Waals surface area contributed by atoms with Crippen LogP contribution in [0, 0.1) is 11.7 Å². The average Bonchev–Trinajstić information content (AvgIpc) is 2.79. The molecule has 3 rings (SSSR count). The Labute approximate surface area is 83.5 Å². The number of anilines is 1. The maximum atomic E-state index is 13.5. The Bertz CT molecular complexity index is 350. The number of hydrogen-bond donors (Lipinski definition) is 0. The van der Waals surface area contributed by atoms with E-state index < -0.39 is 0 Å². The number of para-hydroxylation sites is 1. The van der Waals surface area contributed by atoms with Gasteiger partial charge in [0, 0.05) is 12.6 Å². The normalized spacial score (nSPS) is 29.9. The van der Waals surface area contributed by atoms with Crippen LogP contribution in [0.15, 0.2) is 24.3 Å². The number of rotatable bonds is 1. The van der Waals surface area contributed by atoms with E-state index in [0.717, 1.165) is 18.2 Å². The number of piperidine rings is 1. The molecule has 1 aliphatic heterocycles. The first-order chi connectivity index (χ1) is 6.84. The Morgan fingerprint density at radius 3 is 2.71 bits per heavy atom. The first-order valence-corrected chi connectivity index (χ1v) is 5.36. The molecule has 1 aromatic rings. The van der Waals surface area contributed by atoms with E-state index in [0.29, 0.717) is 6.04 Å². The van der Waals surface area contributed by atoms with Crippen LogP contribution in [0.1, 0.15) is 19.3 Å². The molecule has 0 spiro atoms. The Morgan fingerprint density at radius 2 is 2.07 bits per heavy atom. The van der Waals surface area contributed by atoms with Crippen molar-refractivity contribution < 1.29 is 4.39 Å². The molecule has 0 N–H and O–H groups in total. The van der Waals surface area contributed by atoms with Gasteiger partial charge in [-0.2, -0.15) is 0 Å². The van der Waals surface area contributed by atoms with E-state index in [1.807, 2.05) is 12.1 Å². The van der Waals surface area contributed by atoms with Crippen molar-refractivity contribution in [3.05, 3.63) is 30.1 Å². The molecule has 2 unspecified atom stereocenters. The van der Waals surface area contributed by atoms with Crippen molar-refractivity contribution >= 4 is 5.69 Å². The van der Waals surface area contributed by atoms with E-state index in [1.54, 1.807) is 12.1 Å². The fourth-order valence-corrected chi connectivity index (χ4v) is 2.90. The molecule has 1 aliphatic carbocycles. The van der Waals surface area contributed by atoms with Crippen LogP contribution in [0.3, 0.4) is 0 Å². The molecule has 2 atom stereocenters. The minimum atomic E-state index is -0.0694. The second kappa shape index (κ2) is 2.97. The lowest BCUT2D eigenvalue weighted by Crippen LogP contribution is -2.32. The van der Waals surface area contributed by atoms with Gasteiger partial charge in [0.05, 0.1) is 5.69 Å². The number of fused-ring (bicyclic) bond motifs is 2. The van der Waals surface area contributed by atoms with Gasteiger partial charge >= 0.3 is 0 Å². The molecule has 1 aromatic carbocycles. The number of hydrogen-bond acceptors (Lipinski definition) is 1. The van der Waals surface area contributed by atoms with Crippen molar-refractivity contribution in [2.45, 2.75) is 25.3 Å². The molecule has 14 heavy (non-hydrogen) atoms. The lowest BCUT2D eigenvalue weighted by molar-refractivity contribution is 0.540. The predicted molar refractivity (Wildman–Crippen MR) is 54.9 cm³/mol. The van der Waals surface area contributed by atoms with Crippen molar-refractivity contribution in [3.8, 4) is 0 Å². The monoisotopic (exact) mass is 191 g/mol. The van der Waals surface area contributed by atoms with Crippen molar-refractivity contribution in [2.24, 2.45) is 5.92 Å². The van der Waals surface area contributed by atoms with Gasteiger partial charge in [-0.05, 0) is 37.3 Å². The number of halogens is 1. The molecule has 0 aromatic heterocycles. The highest BCUT2D eigenvalue weighted by Crippen LogP contribution is 2.40. The van der Waals surface area contributed by atoms with Crippen LogP contribution in [-0.2, 0) is 0 Å². The van der Waals surface area contributed by atoms with Crippen LogP contribution in [0.2, 0.25) is 0 Å². The molecule has 1 saturated carbocycles. The van der Waals surface area contributed by atoms with Crippen molar-refractivity contribution in [1.29, 1.82) is 0 Å². The van der Waals surface area contributed by atoms with E-state index in [-0.39, 0.29) is 5.82 Å². The summed E-state index contributed by atoms with van der Waals surface area (Å²) in [5.74, 6) is 0.750. The lowest BCUT2D eigenvalue weighted by Gasteiger charge is -2.29. The topological polar surface area (TPSA) is 3.24 Å². The molecule has 2 aliphatic rings. The van der Waals surface area contributed by atoms with Gasteiger partial charge in [-0.25, -0.2) is 4.39 Å². The predicted octanol–water partition coefficient (Wildman–Crippen LogP) is 2.81. The number of benzene rings is 1. The maximum absolute atomic E-state index is 13.5. The second-order valence-corrected chi connectivity index (χ2v) is 4.44. The van der Waals surface area contributed by atoms with Gasteiger partial charge in [0.25, 0.3) is 0 Å². The first-order valence-electron chi connectivity index (χ1n) is 5.36. The molecule has 74 valence electrons. The molecule has 1 nitrogen and oxygen atoms in total. The number of nitrogens with zero attached hydrogens (tertiary/aromatic N) is 1. The average molecular weight is 191 g/mol. The zero-order valence-electron chi connectivity index (χ0n) is 8.12. The summed E-state index contributed by atoms with van der Waals surface area (Å²) < 4.78 is 13.5. The summed E-state index contributed by atoms with van der Waals surface area (Å²) in [7, 11) is 0. The summed E-state index contributed by atoms with van der Waals surface area (Å²) >= 11 is 0. The maximum Gasteiger partial charge on any atom is 0.146 e. The van der Waals surface area contributed by atoms with Gasteiger partial charge in [-0.1, -0.05) is 12.1 Å². The van der Waals surface area contributed by atoms with E-state index >= 15 is 0 Å². The molecule has 1 heterocycles. The minimum Gasteiger partial charge on any atom is -0.366 e. The molecule has 2 fully saturated rings. The Balaban J connectivity index is 1.93. The van der Waals surface area contributed by atoms with Crippen LogP contribution < -0.4 is 4.90 Å². The highest BCUT2D eigenvalue weighted by Gasteiger charge is 2.38. The Kier molecular flexibility index (Phi) is 1.76. The van der Waals surface area contributed by atoms with Crippen LogP contribution in [0.4, 0.5) is 10.1 Å². The third-order valence-electron chi connectivity index (χ3n) is 3.57. The molecule has 2 heteroatoms. The second-order valence-electron chi connectivity index (χ2n) is 4.44. The van der Waals surface area contributed by atoms with E-state index in [4.69, 9.17) is 0 Å². The summed E-state index contributed by atoms with van der Waals surface area (Å²) in [6, 6.07) is 7.74. The van der Waals surface area contributed by atoms with Crippen LogP contribution in [0.5, 0.6) is 0 Å². The van der Waals surface area contributed by atoms with Crippen LogP contribution in [0.25, 0.3) is 0 Å². The van der Waals surface area contributed by atoms with Crippen molar-refractivity contribution in [3.63, 3.8) is 0 Å². The quantitative estimate of drug-likeness (QED) is 0.659. The lowest BCUT2D eigenvalue weighted by atomic mass is 10.1. The summed E-state index contributed by atoms with van der Waals surface area (Å²) in [4.78, 5) is 2.25. The van der Waals surface area contributed by atoms with E-state index in [1.165, 1.54) is 19.3 Å². The highest BCUT2D eigenvalue weighted by molar-refractivity contribution is 5.50. The highest BCUT2D eigenvalue weighted by atomic mass is 19.1. The van der Waals surface area contributed by atoms with Gasteiger partial charge in [0.1, 0.15) is 5.82 Å². The minimum absolute atomic E-state index is 0.0694. The van der Waals surface area contributed by atoms with Crippen LogP contribution >= 0.6 is 0 Å². The summed E-state index contributed by atoms with van der Waals surface area (Å²) in [6.07, 6.45) is 3.86. The van der Waals surface area contributed by atoms with Gasteiger partial charge < -0.3 is 4.90 Å². The van der Waals surface area contributed by atoms with Gasteiger partial charge in [-0.3, -0.25) is 0 Å². The fourth-order valence-electron chi connectivity index (χ4n) is 2.90. The van der Waals surface area contributed by atoms with Gasteiger partial charge in [-0.15, -0.1) is 0 Å². The molecular formula is C12H14FN. The smallest absolute Gasteiger partial charge is 0.146 e. The Morgan fingerprint density at radius 1 is 1.21 bits per heavy atom. The third kappa shape index (κ3) is 1.13. The Hall–Kier alpha value is -1.05. The SMILES string of the molecule is Fc1ccccc1N1CC2CCC1C2. The summed E-state index contributed by atoms with van der Waals surface area (Å²) in [5.41, 5.74) is 0.805. The van der Waals surface area contributed by atoms with Gasteiger partial charge in [0.15, 0.2) is 0 Å². The molecular weight excluding hydrogens is 177 g/mol.